The van der Waals surface area contributed by atoms with Gasteiger partial charge in [-0.3, -0.25) is 14.5 Å². The molecule has 0 radical (unpaired) electrons. The Bertz CT molecular complexity index is 1460. The van der Waals surface area contributed by atoms with Crippen LogP contribution in [0.2, 0.25) is 5.02 Å². The van der Waals surface area contributed by atoms with E-state index in [1.165, 1.54) is 12.1 Å². The monoisotopic (exact) mass is 494 g/mol. The van der Waals surface area contributed by atoms with Gasteiger partial charge in [0.2, 0.25) is 0 Å². The number of carbonyl (C=O) groups excluding carboxylic acids is 2. The second-order valence-electron chi connectivity index (χ2n) is 8.59. The zero-order valence-electron chi connectivity index (χ0n) is 19.5. The Morgan fingerprint density at radius 3 is 2.17 bits per heavy atom. The van der Waals surface area contributed by atoms with E-state index in [0.29, 0.717) is 33.1 Å². The highest BCUT2D eigenvalue weighted by Gasteiger charge is 2.45. The van der Waals surface area contributed by atoms with Crippen LogP contribution >= 0.6 is 11.6 Å². The number of rotatable bonds is 6. The SMILES string of the molecule is Cc1ccc(C(=O)C2=C(Nc3ccccc3)C(=O)N(c3ccc(O)cc3)[C@H]2c2ccccc2Cl)cc1. The second kappa shape index (κ2) is 9.72. The topological polar surface area (TPSA) is 69.6 Å². The predicted molar refractivity (Wildman–Crippen MR) is 142 cm³/mol. The lowest BCUT2D eigenvalue weighted by molar-refractivity contribution is -0.114. The zero-order valence-corrected chi connectivity index (χ0v) is 20.2. The van der Waals surface area contributed by atoms with E-state index in [9.17, 15) is 14.7 Å². The fraction of sp³-hybridized carbons (Fsp3) is 0.0667. The number of halogens is 1. The first-order valence-electron chi connectivity index (χ1n) is 11.5. The summed E-state index contributed by atoms with van der Waals surface area (Å²) in [4.78, 5) is 29.7. The molecule has 4 aromatic carbocycles. The summed E-state index contributed by atoms with van der Waals surface area (Å²) in [5, 5.41) is 13.5. The Kier molecular flexibility index (Phi) is 6.32. The largest absolute Gasteiger partial charge is 0.508 e. The number of aromatic hydroxyl groups is 1. The fourth-order valence-electron chi connectivity index (χ4n) is 4.37. The number of anilines is 2. The van der Waals surface area contributed by atoms with E-state index in [2.05, 4.69) is 5.32 Å². The normalized spacial score (nSPS) is 15.3. The minimum atomic E-state index is -0.782. The van der Waals surface area contributed by atoms with E-state index in [0.717, 1.165) is 5.56 Å². The quantitative estimate of drug-likeness (QED) is 0.293. The zero-order chi connectivity index (χ0) is 25.2. The van der Waals surface area contributed by atoms with E-state index >= 15 is 0 Å². The first kappa shape index (κ1) is 23.4. The van der Waals surface area contributed by atoms with Gasteiger partial charge in [-0.2, -0.15) is 0 Å². The highest BCUT2D eigenvalue weighted by Crippen LogP contribution is 2.45. The van der Waals surface area contributed by atoms with Gasteiger partial charge in [0.05, 0.1) is 11.6 Å². The Morgan fingerprint density at radius 2 is 1.50 bits per heavy atom. The standard InChI is InChI=1S/C30H23ClN2O3/c1-19-11-13-20(14-12-19)29(35)26-27(32-21-7-3-2-4-8-21)30(36)33(22-15-17-23(34)18-16-22)28(26)24-9-5-6-10-25(24)31/h2-18,28,32,34H,1H3/t28-/m0/s1. The van der Waals surface area contributed by atoms with Crippen LogP contribution in [-0.2, 0) is 4.79 Å². The molecule has 4 aromatic rings. The third-order valence-electron chi connectivity index (χ3n) is 6.16. The molecule has 1 atom stereocenters. The van der Waals surface area contributed by atoms with Crippen molar-refractivity contribution >= 4 is 34.7 Å². The predicted octanol–water partition coefficient (Wildman–Crippen LogP) is 6.69. The summed E-state index contributed by atoms with van der Waals surface area (Å²) in [6.45, 7) is 1.95. The Labute approximate surface area is 214 Å². The van der Waals surface area contributed by atoms with Crippen molar-refractivity contribution in [2.24, 2.45) is 0 Å². The molecule has 1 aliphatic heterocycles. The molecule has 178 valence electrons. The van der Waals surface area contributed by atoms with Gasteiger partial charge in [0.15, 0.2) is 5.78 Å². The number of nitrogens with one attached hydrogen (secondary N) is 1. The van der Waals surface area contributed by atoms with E-state index in [-0.39, 0.29) is 23.1 Å². The van der Waals surface area contributed by atoms with Gasteiger partial charge < -0.3 is 10.4 Å². The molecule has 0 unspecified atom stereocenters. The number of phenolic OH excluding ortho intramolecular Hbond substituents is 1. The number of nitrogens with zero attached hydrogens (tertiary/aromatic N) is 1. The van der Waals surface area contributed by atoms with Crippen LogP contribution in [0.5, 0.6) is 5.75 Å². The van der Waals surface area contributed by atoms with E-state index in [4.69, 9.17) is 11.6 Å². The lowest BCUT2D eigenvalue weighted by Gasteiger charge is -2.28. The second-order valence-corrected chi connectivity index (χ2v) is 9.00. The molecular weight excluding hydrogens is 472 g/mol. The Hall–Kier alpha value is -4.35. The maximum atomic E-state index is 14.1. The molecule has 6 heteroatoms. The molecule has 1 aliphatic rings. The first-order chi connectivity index (χ1) is 17.4. The fourth-order valence-corrected chi connectivity index (χ4v) is 4.61. The number of hydrogen-bond acceptors (Lipinski definition) is 4. The molecule has 5 rings (SSSR count). The van der Waals surface area contributed by atoms with Gasteiger partial charge in [-0.15, -0.1) is 0 Å². The summed E-state index contributed by atoms with van der Waals surface area (Å²) in [6.07, 6.45) is 0. The molecule has 0 aromatic heterocycles. The number of phenols is 1. The van der Waals surface area contributed by atoms with Crippen molar-refractivity contribution < 1.29 is 14.7 Å². The van der Waals surface area contributed by atoms with Crippen molar-refractivity contribution in [3.8, 4) is 5.75 Å². The molecular formula is C30H23ClN2O3. The Balaban J connectivity index is 1.74. The summed E-state index contributed by atoms with van der Waals surface area (Å²) in [5.41, 5.74) is 3.82. The highest BCUT2D eigenvalue weighted by atomic mass is 35.5. The van der Waals surface area contributed by atoms with E-state index < -0.39 is 6.04 Å². The lowest BCUT2D eigenvalue weighted by Crippen LogP contribution is -2.31. The van der Waals surface area contributed by atoms with Gasteiger partial charge in [-0.1, -0.05) is 77.8 Å². The number of aryl methyl sites for hydroxylation is 1. The number of amides is 1. The molecule has 0 saturated carbocycles. The molecule has 5 nitrogen and oxygen atoms in total. The minimum Gasteiger partial charge on any atom is -0.508 e. The molecule has 0 fully saturated rings. The van der Waals surface area contributed by atoms with Crippen LogP contribution in [0.3, 0.4) is 0 Å². The van der Waals surface area contributed by atoms with Crippen LogP contribution < -0.4 is 10.2 Å². The van der Waals surface area contributed by atoms with Crippen LogP contribution in [0.1, 0.15) is 27.5 Å². The smallest absolute Gasteiger partial charge is 0.276 e. The van der Waals surface area contributed by atoms with Gasteiger partial charge >= 0.3 is 0 Å². The number of carbonyl (C=O) groups is 2. The van der Waals surface area contributed by atoms with E-state index in [1.54, 1.807) is 35.2 Å². The van der Waals surface area contributed by atoms with Crippen molar-refractivity contribution in [2.45, 2.75) is 13.0 Å². The van der Waals surface area contributed by atoms with Crippen molar-refractivity contribution in [3.05, 3.63) is 136 Å². The average molecular weight is 495 g/mol. The summed E-state index contributed by atoms with van der Waals surface area (Å²) in [5.74, 6) is -0.566. The third kappa shape index (κ3) is 4.37. The number of benzene rings is 4. The summed E-state index contributed by atoms with van der Waals surface area (Å²) >= 11 is 6.64. The van der Waals surface area contributed by atoms with Gasteiger partial charge in [0.1, 0.15) is 11.4 Å². The van der Waals surface area contributed by atoms with Gasteiger partial charge in [0, 0.05) is 22.0 Å². The maximum Gasteiger partial charge on any atom is 0.276 e. The molecule has 0 spiro atoms. The van der Waals surface area contributed by atoms with Crippen LogP contribution in [0, 0.1) is 6.92 Å². The molecule has 1 heterocycles. The number of ketones is 1. The summed E-state index contributed by atoms with van der Waals surface area (Å²) in [7, 11) is 0. The number of hydrogen-bond donors (Lipinski definition) is 2. The van der Waals surface area contributed by atoms with Gasteiger partial charge in [0.25, 0.3) is 5.91 Å². The van der Waals surface area contributed by atoms with Gasteiger partial charge in [-0.25, -0.2) is 0 Å². The molecule has 36 heavy (non-hydrogen) atoms. The van der Waals surface area contributed by atoms with Crippen LogP contribution in [0.15, 0.2) is 114 Å². The summed E-state index contributed by atoms with van der Waals surface area (Å²) in [6, 6.07) is 29.3. The van der Waals surface area contributed by atoms with Crippen LogP contribution in [0.4, 0.5) is 11.4 Å². The van der Waals surface area contributed by atoms with Crippen LogP contribution in [0.25, 0.3) is 0 Å². The Morgan fingerprint density at radius 1 is 0.861 bits per heavy atom. The first-order valence-corrected chi connectivity index (χ1v) is 11.9. The van der Waals surface area contributed by atoms with Crippen molar-refractivity contribution in [1.82, 2.24) is 0 Å². The van der Waals surface area contributed by atoms with Crippen molar-refractivity contribution in [3.63, 3.8) is 0 Å². The molecule has 1 amide bonds. The molecule has 2 N–H and O–H groups in total. The van der Waals surface area contributed by atoms with Crippen molar-refractivity contribution in [2.75, 3.05) is 10.2 Å². The molecule has 0 saturated heterocycles. The highest BCUT2D eigenvalue weighted by molar-refractivity contribution is 6.32. The van der Waals surface area contributed by atoms with E-state index in [1.807, 2.05) is 67.6 Å². The number of para-hydroxylation sites is 1. The molecule has 0 bridgehead atoms. The summed E-state index contributed by atoms with van der Waals surface area (Å²) < 4.78 is 0. The van der Waals surface area contributed by atoms with Crippen LogP contribution in [-0.4, -0.2) is 16.8 Å². The lowest BCUT2D eigenvalue weighted by atomic mass is 9.91. The third-order valence-corrected chi connectivity index (χ3v) is 6.51. The van der Waals surface area contributed by atoms with Crippen molar-refractivity contribution in [1.29, 1.82) is 0 Å². The minimum absolute atomic E-state index is 0.0752. The van der Waals surface area contributed by atoms with Gasteiger partial charge in [-0.05, 0) is 55.0 Å². The molecule has 0 aliphatic carbocycles. The number of Topliss-reactive ketones (excluding diaryl/α,β-unsaturated/α-hetero) is 1. The maximum absolute atomic E-state index is 14.1. The average Bonchev–Trinajstić information content (AvgIpc) is 3.17.